The van der Waals surface area contributed by atoms with Gasteiger partial charge in [0.1, 0.15) is 12.2 Å². The van der Waals surface area contributed by atoms with Gasteiger partial charge in [0, 0.05) is 6.42 Å². The normalized spacial score (nSPS) is 20.3. The monoisotopic (exact) mass is 345 g/mol. The zero-order chi connectivity index (χ0) is 18.6. The van der Waals surface area contributed by atoms with Crippen molar-refractivity contribution in [1.29, 1.82) is 0 Å². The fourth-order valence-electron chi connectivity index (χ4n) is 2.70. The van der Waals surface area contributed by atoms with Gasteiger partial charge in [0.25, 0.3) is 0 Å². The minimum Gasteiger partial charge on any atom is -0.460 e. The van der Waals surface area contributed by atoms with Crippen molar-refractivity contribution >= 4 is 17.8 Å². The Morgan fingerprint density at radius 2 is 1.92 bits per heavy atom. The molecule has 1 aromatic carbocycles. The maximum absolute atomic E-state index is 12.7. The second-order valence-electron chi connectivity index (χ2n) is 6.81. The summed E-state index contributed by atoms with van der Waals surface area (Å²) in [6.07, 6.45) is 0.730. The lowest BCUT2D eigenvalue weighted by atomic mass is 10.0. The van der Waals surface area contributed by atoms with Crippen LogP contribution in [0.1, 0.15) is 38.8 Å². The number of hydrogen-bond donors (Lipinski definition) is 0. The summed E-state index contributed by atoms with van der Waals surface area (Å²) in [4.78, 5) is 38.7. The van der Waals surface area contributed by atoms with Crippen molar-refractivity contribution in [2.45, 2.75) is 44.9 Å². The van der Waals surface area contributed by atoms with Crippen molar-refractivity contribution in [2.75, 3.05) is 6.61 Å². The molecule has 0 aromatic heterocycles. The number of nitrogens with zero attached hydrogens (tertiary/aromatic N) is 1. The number of carbonyl (C=O) groups excluding carboxylic acids is 3. The van der Waals surface area contributed by atoms with E-state index in [9.17, 15) is 14.4 Å². The topological polar surface area (TPSA) is 72.9 Å². The average Bonchev–Trinajstić information content (AvgIpc) is 2.89. The summed E-state index contributed by atoms with van der Waals surface area (Å²) in [6, 6.07) is 7.23. The van der Waals surface area contributed by atoms with Crippen molar-refractivity contribution < 1.29 is 23.9 Å². The first-order chi connectivity index (χ1) is 11.7. The Morgan fingerprint density at radius 1 is 1.28 bits per heavy atom. The fourth-order valence-corrected chi connectivity index (χ4v) is 2.70. The fraction of sp³-hybridized carbons (Fsp3) is 0.421. The molecule has 1 saturated heterocycles. The number of likely N-dealkylation sites (tertiary alicyclic amines) is 1. The maximum atomic E-state index is 12.7. The van der Waals surface area contributed by atoms with Crippen molar-refractivity contribution in [3.8, 4) is 0 Å². The van der Waals surface area contributed by atoms with E-state index in [-0.39, 0.29) is 18.8 Å². The highest BCUT2D eigenvalue weighted by Gasteiger charge is 2.49. The van der Waals surface area contributed by atoms with Gasteiger partial charge in [-0.1, -0.05) is 43.0 Å². The summed E-state index contributed by atoms with van der Waals surface area (Å²) in [6.45, 7) is 8.63. The van der Waals surface area contributed by atoms with Gasteiger partial charge < -0.3 is 9.47 Å². The first-order valence-corrected chi connectivity index (χ1v) is 8.11. The van der Waals surface area contributed by atoms with Gasteiger partial charge in [0.15, 0.2) is 11.8 Å². The van der Waals surface area contributed by atoms with Crippen LogP contribution in [0.25, 0.3) is 0 Å². The van der Waals surface area contributed by atoms with Crippen LogP contribution in [0, 0.1) is 0 Å². The summed E-state index contributed by atoms with van der Waals surface area (Å²) in [5.41, 5.74) is 0.0141. The van der Waals surface area contributed by atoms with E-state index in [1.165, 1.54) is 11.0 Å². The molecule has 0 radical (unpaired) electrons. The molecular formula is C19H23NO5. The summed E-state index contributed by atoms with van der Waals surface area (Å²) in [7, 11) is 0. The van der Waals surface area contributed by atoms with Gasteiger partial charge in [-0.15, -0.1) is 0 Å². The van der Waals surface area contributed by atoms with Crippen molar-refractivity contribution in [2.24, 2.45) is 0 Å². The highest BCUT2D eigenvalue weighted by Crippen LogP contribution is 2.35. The first-order valence-electron chi connectivity index (χ1n) is 8.11. The van der Waals surface area contributed by atoms with Gasteiger partial charge in [-0.05, 0) is 26.3 Å². The van der Waals surface area contributed by atoms with Gasteiger partial charge in [-0.25, -0.2) is 9.59 Å². The maximum Gasteiger partial charge on any atom is 0.411 e. The van der Waals surface area contributed by atoms with Crippen LogP contribution in [0.4, 0.5) is 4.79 Å². The number of carbonyl (C=O) groups is 3. The number of rotatable bonds is 4. The Balaban J connectivity index is 2.36. The van der Waals surface area contributed by atoms with Crippen LogP contribution in [0.3, 0.4) is 0 Å². The van der Waals surface area contributed by atoms with Gasteiger partial charge in [-0.3, -0.25) is 9.69 Å². The predicted octanol–water partition coefficient (Wildman–Crippen LogP) is 3.04. The molecule has 1 aromatic rings. The molecule has 1 aliphatic rings. The molecule has 1 fully saturated rings. The molecule has 6 heteroatoms. The minimum atomic E-state index is -1.31. The molecule has 2 rings (SSSR count). The van der Waals surface area contributed by atoms with E-state index in [1.807, 2.05) is 30.3 Å². The molecule has 134 valence electrons. The SMILES string of the molecule is C=CCOC(=O)C1C(=O)C[C@H](c2ccccc2)N1C(=O)OC(C)(C)C. The molecule has 1 heterocycles. The van der Waals surface area contributed by atoms with Gasteiger partial charge in [0.05, 0.1) is 6.04 Å². The Bertz CT molecular complexity index is 662. The van der Waals surface area contributed by atoms with Crippen LogP contribution < -0.4 is 0 Å². The molecule has 0 bridgehead atoms. The standard InChI is InChI=1S/C19H23NO5/c1-5-11-24-17(22)16-15(21)12-14(13-9-7-6-8-10-13)20(16)18(23)25-19(2,3)4/h5-10,14,16H,1,11-12H2,2-4H3/t14-,16?/m1/s1. The molecule has 1 unspecified atom stereocenters. The third-order valence-electron chi connectivity index (χ3n) is 3.67. The number of benzene rings is 1. The quantitative estimate of drug-likeness (QED) is 0.476. The molecule has 2 atom stereocenters. The Hall–Kier alpha value is -2.63. The molecule has 1 aliphatic heterocycles. The van der Waals surface area contributed by atoms with Crippen LogP contribution in [-0.2, 0) is 19.1 Å². The molecule has 0 saturated carbocycles. The Morgan fingerprint density at radius 3 is 2.48 bits per heavy atom. The Labute approximate surface area is 147 Å². The largest absolute Gasteiger partial charge is 0.460 e. The lowest BCUT2D eigenvalue weighted by Gasteiger charge is -2.31. The summed E-state index contributed by atoms with van der Waals surface area (Å²) in [5, 5.41) is 0. The van der Waals surface area contributed by atoms with E-state index in [2.05, 4.69) is 6.58 Å². The van der Waals surface area contributed by atoms with Gasteiger partial charge in [0.2, 0.25) is 0 Å². The molecule has 1 amide bonds. The van der Waals surface area contributed by atoms with E-state index >= 15 is 0 Å². The molecule has 0 N–H and O–H groups in total. The number of Topliss-reactive ketones (excluding diaryl/α,β-unsaturated/α-hetero) is 1. The number of ketones is 1. The smallest absolute Gasteiger partial charge is 0.411 e. The third kappa shape index (κ3) is 4.47. The third-order valence-corrected chi connectivity index (χ3v) is 3.67. The molecule has 25 heavy (non-hydrogen) atoms. The van der Waals surface area contributed by atoms with Crippen LogP contribution in [0.5, 0.6) is 0 Å². The molecular weight excluding hydrogens is 322 g/mol. The van der Waals surface area contributed by atoms with Crippen molar-refractivity contribution in [3.05, 3.63) is 48.6 Å². The molecule has 6 nitrogen and oxygen atoms in total. The predicted molar refractivity (Wildman–Crippen MR) is 91.8 cm³/mol. The lowest BCUT2D eigenvalue weighted by molar-refractivity contribution is -0.150. The average molecular weight is 345 g/mol. The van der Waals surface area contributed by atoms with Crippen LogP contribution >= 0.6 is 0 Å². The second kappa shape index (κ2) is 7.51. The van der Waals surface area contributed by atoms with Crippen LogP contribution in [0.2, 0.25) is 0 Å². The summed E-state index contributed by atoms with van der Waals surface area (Å²) < 4.78 is 10.4. The molecule has 0 spiro atoms. The van der Waals surface area contributed by atoms with E-state index in [4.69, 9.17) is 9.47 Å². The zero-order valence-electron chi connectivity index (χ0n) is 14.7. The van der Waals surface area contributed by atoms with E-state index in [0.29, 0.717) is 0 Å². The summed E-state index contributed by atoms with van der Waals surface area (Å²) >= 11 is 0. The summed E-state index contributed by atoms with van der Waals surface area (Å²) in [5.74, 6) is -1.14. The zero-order valence-corrected chi connectivity index (χ0v) is 14.7. The number of amides is 1. The lowest BCUT2D eigenvalue weighted by Crippen LogP contribution is -2.47. The van der Waals surface area contributed by atoms with Crippen LogP contribution in [-0.4, -0.2) is 41.0 Å². The van der Waals surface area contributed by atoms with Gasteiger partial charge >= 0.3 is 12.1 Å². The first kappa shape index (κ1) is 18.7. The highest BCUT2D eigenvalue weighted by atomic mass is 16.6. The van der Waals surface area contributed by atoms with Crippen molar-refractivity contribution in [1.82, 2.24) is 4.90 Å². The van der Waals surface area contributed by atoms with E-state index in [0.717, 1.165) is 5.56 Å². The van der Waals surface area contributed by atoms with Gasteiger partial charge in [-0.2, -0.15) is 0 Å². The minimum absolute atomic E-state index is 0.0270. The molecule has 0 aliphatic carbocycles. The van der Waals surface area contributed by atoms with Crippen LogP contribution in [0.15, 0.2) is 43.0 Å². The van der Waals surface area contributed by atoms with E-state index in [1.54, 1.807) is 20.8 Å². The Kier molecular flexibility index (Phi) is 5.62. The number of hydrogen-bond acceptors (Lipinski definition) is 5. The van der Waals surface area contributed by atoms with Crippen molar-refractivity contribution in [3.63, 3.8) is 0 Å². The number of esters is 1. The number of ether oxygens (including phenoxy) is 2. The van der Waals surface area contributed by atoms with E-state index < -0.39 is 29.7 Å². The highest BCUT2D eigenvalue weighted by molar-refractivity contribution is 6.07. The second-order valence-corrected chi connectivity index (χ2v) is 6.81.